The number of fused-ring (bicyclic) bond motifs is 1. The first-order valence-electron chi connectivity index (χ1n) is 6.37. The number of ether oxygens (including phenoxy) is 1. The summed E-state index contributed by atoms with van der Waals surface area (Å²) in [6, 6.07) is 10.3. The molecule has 106 valence electrons. The number of carboxylic acids is 1. The molecule has 0 aliphatic carbocycles. The molecule has 5 heteroatoms. The highest BCUT2D eigenvalue weighted by Crippen LogP contribution is 2.29. The van der Waals surface area contributed by atoms with Gasteiger partial charge in [0.2, 0.25) is 5.89 Å². The van der Waals surface area contributed by atoms with Gasteiger partial charge in [0.25, 0.3) is 0 Å². The summed E-state index contributed by atoms with van der Waals surface area (Å²) in [5, 5.41) is 8.99. The van der Waals surface area contributed by atoms with Crippen molar-refractivity contribution in [1.29, 1.82) is 0 Å². The minimum Gasteiger partial charge on any atom is -0.496 e. The van der Waals surface area contributed by atoms with Crippen LogP contribution in [0.3, 0.4) is 0 Å². The van der Waals surface area contributed by atoms with E-state index in [1.807, 2.05) is 25.1 Å². The van der Waals surface area contributed by atoms with Crippen molar-refractivity contribution in [3.05, 3.63) is 47.5 Å². The van der Waals surface area contributed by atoms with E-state index in [1.165, 1.54) is 12.1 Å². The molecule has 0 saturated carbocycles. The number of nitrogens with zero attached hydrogens (tertiary/aromatic N) is 1. The average Bonchev–Trinajstić information content (AvgIpc) is 2.90. The number of aromatic nitrogens is 1. The zero-order valence-corrected chi connectivity index (χ0v) is 11.6. The van der Waals surface area contributed by atoms with Gasteiger partial charge in [0.15, 0.2) is 5.58 Å². The van der Waals surface area contributed by atoms with Crippen LogP contribution in [0.1, 0.15) is 15.9 Å². The molecular weight excluding hydrogens is 270 g/mol. The third kappa shape index (κ3) is 2.33. The van der Waals surface area contributed by atoms with E-state index >= 15 is 0 Å². The van der Waals surface area contributed by atoms with Crippen LogP contribution < -0.4 is 4.74 Å². The summed E-state index contributed by atoms with van der Waals surface area (Å²) >= 11 is 0. The molecule has 0 fully saturated rings. The van der Waals surface area contributed by atoms with Gasteiger partial charge in [-0.05, 0) is 42.8 Å². The lowest BCUT2D eigenvalue weighted by atomic mass is 10.1. The van der Waals surface area contributed by atoms with E-state index in [0.29, 0.717) is 17.0 Å². The molecule has 1 aromatic heterocycles. The van der Waals surface area contributed by atoms with Crippen molar-refractivity contribution in [2.75, 3.05) is 7.11 Å². The first-order valence-corrected chi connectivity index (χ1v) is 6.37. The minimum absolute atomic E-state index is 0.184. The number of hydrogen-bond acceptors (Lipinski definition) is 4. The topological polar surface area (TPSA) is 72.6 Å². The molecule has 0 atom stereocenters. The molecule has 0 amide bonds. The molecule has 0 spiro atoms. The van der Waals surface area contributed by atoms with Crippen LogP contribution in [0.5, 0.6) is 5.75 Å². The summed E-state index contributed by atoms with van der Waals surface area (Å²) in [4.78, 5) is 15.3. The van der Waals surface area contributed by atoms with Crippen LogP contribution in [-0.4, -0.2) is 23.2 Å². The fraction of sp³-hybridized carbons (Fsp3) is 0.125. The van der Waals surface area contributed by atoms with Gasteiger partial charge in [0.1, 0.15) is 11.3 Å². The molecule has 3 rings (SSSR count). The third-order valence-electron chi connectivity index (χ3n) is 3.29. The maximum absolute atomic E-state index is 11.0. The number of carbonyl (C=O) groups is 1. The standard InChI is InChI=1S/C16H13NO4/c1-9-3-4-10(8-14(9)20-2)15-17-12-7-11(16(18)19)5-6-13(12)21-15/h3-8H,1-2H3,(H,18,19). The lowest BCUT2D eigenvalue weighted by molar-refractivity contribution is 0.0697. The predicted molar refractivity (Wildman–Crippen MR) is 77.7 cm³/mol. The third-order valence-corrected chi connectivity index (χ3v) is 3.29. The van der Waals surface area contributed by atoms with Crippen molar-refractivity contribution in [1.82, 2.24) is 4.98 Å². The Morgan fingerprint density at radius 1 is 1.24 bits per heavy atom. The normalized spacial score (nSPS) is 10.8. The van der Waals surface area contributed by atoms with E-state index in [0.717, 1.165) is 16.9 Å². The van der Waals surface area contributed by atoms with Gasteiger partial charge in [-0.1, -0.05) is 6.07 Å². The van der Waals surface area contributed by atoms with Gasteiger partial charge in [0.05, 0.1) is 12.7 Å². The van der Waals surface area contributed by atoms with Crippen LogP contribution in [-0.2, 0) is 0 Å². The lowest BCUT2D eigenvalue weighted by Crippen LogP contribution is -1.94. The Kier molecular flexibility index (Phi) is 3.10. The van der Waals surface area contributed by atoms with Crippen molar-refractivity contribution in [2.45, 2.75) is 6.92 Å². The smallest absolute Gasteiger partial charge is 0.335 e. The number of carboxylic acid groups (broad SMARTS) is 1. The number of hydrogen-bond donors (Lipinski definition) is 1. The van der Waals surface area contributed by atoms with Crippen molar-refractivity contribution in [2.24, 2.45) is 0 Å². The highest BCUT2D eigenvalue weighted by molar-refractivity contribution is 5.92. The second-order valence-electron chi connectivity index (χ2n) is 4.69. The van der Waals surface area contributed by atoms with E-state index in [1.54, 1.807) is 13.2 Å². The maximum atomic E-state index is 11.0. The Bertz CT molecular complexity index is 835. The van der Waals surface area contributed by atoms with Gasteiger partial charge in [-0.15, -0.1) is 0 Å². The van der Waals surface area contributed by atoms with Crippen LogP contribution >= 0.6 is 0 Å². The highest BCUT2D eigenvalue weighted by atomic mass is 16.5. The summed E-state index contributed by atoms with van der Waals surface area (Å²) in [5.41, 5.74) is 3.05. The summed E-state index contributed by atoms with van der Waals surface area (Å²) < 4.78 is 11.0. The van der Waals surface area contributed by atoms with E-state index in [-0.39, 0.29) is 5.56 Å². The highest BCUT2D eigenvalue weighted by Gasteiger charge is 2.12. The number of aromatic carboxylic acids is 1. The van der Waals surface area contributed by atoms with Crippen molar-refractivity contribution in [3.8, 4) is 17.2 Å². The molecule has 5 nitrogen and oxygen atoms in total. The first kappa shape index (κ1) is 13.2. The summed E-state index contributed by atoms with van der Waals surface area (Å²) in [6.07, 6.45) is 0. The second-order valence-corrected chi connectivity index (χ2v) is 4.69. The van der Waals surface area contributed by atoms with Gasteiger partial charge in [-0.3, -0.25) is 0 Å². The molecule has 1 heterocycles. The fourth-order valence-corrected chi connectivity index (χ4v) is 2.14. The van der Waals surface area contributed by atoms with Gasteiger partial charge >= 0.3 is 5.97 Å². The molecule has 0 unspecified atom stereocenters. The zero-order valence-electron chi connectivity index (χ0n) is 11.6. The molecule has 0 saturated heterocycles. The molecule has 21 heavy (non-hydrogen) atoms. The molecule has 3 aromatic rings. The first-order chi connectivity index (χ1) is 10.1. The van der Waals surface area contributed by atoms with E-state index in [9.17, 15) is 4.79 Å². The Morgan fingerprint density at radius 3 is 2.76 bits per heavy atom. The Labute approximate surface area is 120 Å². The quantitative estimate of drug-likeness (QED) is 0.796. The van der Waals surface area contributed by atoms with Crippen LogP contribution in [0, 0.1) is 6.92 Å². The number of rotatable bonds is 3. The average molecular weight is 283 g/mol. The van der Waals surface area contributed by atoms with E-state index < -0.39 is 5.97 Å². The van der Waals surface area contributed by atoms with Crippen LogP contribution in [0.2, 0.25) is 0 Å². The molecule has 0 bridgehead atoms. The van der Waals surface area contributed by atoms with E-state index in [2.05, 4.69) is 4.98 Å². The Morgan fingerprint density at radius 2 is 2.05 bits per heavy atom. The summed E-state index contributed by atoms with van der Waals surface area (Å²) in [5.74, 6) is 0.199. The largest absolute Gasteiger partial charge is 0.496 e. The number of oxazole rings is 1. The Hall–Kier alpha value is -2.82. The van der Waals surface area contributed by atoms with E-state index in [4.69, 9.17) is 14.3 Å². The van der Waals surface area contributed by atoms with Crippen molar-refractivity contribution < 1.29 is 19.1 Å². The minimum atomic E-state index is -0.988. The van der Waals surface area contributed by atoms with Gasteiger partial charge in [-0.2, -0.15) is 0 Å². The van der Waals surface area contributed by atoms with Crippen LogP contribution in [0.4, 0.5) is 0 Å². The maximum Gasteiger partial charge on any atom is 0.335 e. The second kappa shape index (κ2) is 4.94. The lowest BCUT2D eigenvalue weighted by Gasteiger charge is -2.05. The molecule has 1 N–H and O–H groups in total. The summed E-state index contributed by atoms with van der Waals surface area (Å²) in [6.45, 7) is 1.95. The molecule has 2 aromatic carbocycles. The van der Waals surface area contributed by atoms with Crippen molar-refractivity contribution in [3.63, 3.8) is 0 Å². The molecule has 0 radical (unpaired) electrons. The predicted octanol–water partition coefficient (Wildman–Crippen LogP) is 3.51. The molecule has 0 aliphatic rings. The number of benzene rings is 2. The SMILES string of the molecule is COc1cc(-c2nc3cc(C(=O)O)ccc3o2)ccc1C. The van der Waals surface area contributed by atoms with Gasteiger partial charge < -0.3 is 14.3 Å². The Balaban J connectivity index is 2.10. The van der Waals surface area contributed by atoms with Crippen molar-refractivity contribution >= 4 is 17.1 Å². The van der Waals surface area contributed by atoms with Gasteiger partial charge in [0, 0.05) is 5.56 Å². The monoisotopic (exact) mass is 283 g/mol. The zero-order chi connectivity index (χ0) is 15.0. The summed E-state index contributed by atoms with van der Waals surface area (Å²) in [7, 11) is 1.61. The fourth-order valence-electron chi connectivity index (χ4n) is 2.14. The van der Waals surface area contributed by atoms with Gasteiger partial charge in [-0.25, -0.2) is 9.78 Å². The molecule has 0 aliphatic heterocycles. The van der Waals surface area contributed by atoms with Crippen LogP contribution in [0.15, 0.2) is 40.8 Å². The molecular formula is C16H13NO4. The number of aryl methyl sites for hydroxylation is 1. The van der Waals surface area contributed by atoms with Crippen LogP contribution in [0.25, 0.3) is 22.6 Å². The number of methoxy groups -OCH3 is 1.